The average Bonchev–Trinajstić information content (AvgIpc) is 0. The van der Waals surface area contributed by atoms with Gasteiger partial charge < -0.3 is 0 Å². The zero-order valence-electron chi connectivity index (χ0n) is 0.577. The predicted octanol–water partition coefficient (Wildman–Crippen LogP) is 7.89. The molecule has 0 unspecified atom stereocenters. The van der Waals surface area contributed by atoms with Crippen LogP contribution in [-0.4, -0.2) is 8.41 Å². The predicted molar refractivity (Wildman–Crippen MR) is 93.3 cm³/mol. The van der Waals surface area contributed by atoms with Crippen molar-refractivity contribution in [2.45, 2.75) is 96.5 Å². The lowest BCUT2D eigenvalue weighted by Gasteiger charge is -0.0786. The molecular formula is C13H52B. The van der Waals surface area contributed by atoms with E-state index >= 15 is 0 Å². The highest BCUT2D eigenvalue weighted by molar-refractivity contribution is 5.75. The molecule has 0 saturated heterocycles. The molecule has 0 aromatic carbocycles. The van der Waals surface area contributed by atoms with E-state index in [0.717, 1.165) is 0 Å². The molecule has 0 nitrogen and oxygen atoms in total. The van der Waals surface area contributed by atoms with Crippen LogP contribution >= 0.6 is 0 Å². The fourth-order valence-electron chi connectivity index (χ4n) is 0. The van der Waals surface area contributed by atoms with E-state index in [9.17, 15) is 0 Å². The van der Waals surface area contributed by atoms with Crippen molar-refractivity contribution in [2.75, 3.05) is 0 Å². The SMILES string of the molecule is C.C.C.C.C.C.C.C.C.C.C.C.C.[B]. The third-order valence-corrected chi connectivity index (χ3v) is 0. The third-order valence-electron chi connectivity index (χ3n) is 0. The van der Waals surface area contributed by atoms with Crippen LogP contribution in [-0.2, 0) is 0 Å². The highest BCUT2D eigenvalue weighted by Gasteiger charge is 0.000198. The summed E-state index contributed by atoms with van der Waals surface area (Å²) in [5.74, 6) is 0. The molecule has 14 heavy (non-hydrogen) atoms. The maximum atomic E-state index is 0. The number of rotatable bonds is 0. The van der Waals surface area contributed by atoms with Crippen molar-refractivity contribution < 1.29 is 0 Å². The van der Waals surface area contributed by atoms with E-state index in [1.165, 1.54) is 0 Å². The second-order valence-electron chi connectivity index (χ2n) is 0. The first-order valence-electron chi connectivity index (χ1n) is 0. The van der Waals surface area contributed by atoms with Crippen molar-refractivity contribution in [3.63, 3.8) is 0 Å². The van der Waals surface area contributed by atoms with Crippen molar-refractivity contribution in [3.8, 4) is 0 Å². The Bertz CT molecular complexity index is 5.20. The van der Waals surface area contributed by atoms with E-state index < -0.39 is 0 Å². The molecule has 0 rings (SSSR count). The van der Waals surface area contributed by atoms with E-state index in [2.05, 4.69) is 0 Å². The molecule has 3 radical (unpaired) electrons. The van der Waals surface area contributed by atoms with Gasteiger partial charge in [0.05, 0.1) is 0 Å². The van der Waals surface area contributed by atoms with Crippen LogP contribution in [0.15, 0.2) is 0 Å². The van der Waals surface area contributed by atoms with Crippen LogP contribution in [0.1, 0.15) is 96.5 Å². The Hall–Kier alpha value is 0.0649. The van der Waals surface area contributed by atoms with E-state index in [0.29, 0.717) is 0 Å². The van der Waals surface area contributed by atoms with Crippen LogP contribution in [0, 0.1) is 0 Å². The normalized spacial score (nSPS) is 0. The molecule has 0 spiro atoms. The van der Waals surface area contributed by atoms with Crippen LogP contribution in [0.4, 0.5) is 0 Å². The van der Waals surface area contributed by atoms with Crippen LogP contribution in [0.2, 0.25) is 0 Å². The lowest BCUT2D eigenvalue weighted by molar-refractivity contribution is 2.50. The monoisotopic (exact) mass is 219 g/mol. The summed E-state index contributed by atoms with van der Waals surface area (Å²) in [6.07, 6.45) is 0. The van der Waals surface area contributed by atoms with Crippen molar-refractivity contribution in [2.24, 2.45) is 0 Å². The average molecular weight is 219 g/mol. The van der Waals surface area contributed by atoms with Crippen molar-refractivity contribution in [3.05, 3.63) is 0 Å². The van der Waals surface area contributed by atoms with Gasteiger partial charge >= 0.3 is 0 Å². The second kappa shape index (κ2) is 451000. The van der Waals surface area contributed by atoms with Gasteiger partial charge in [-0.2, -0.15) is 0 Å². The van der Waals surface area contributed by atoms with Gasteiger partial charge in [0.15, 0.2) is 0 Å². The van der Waals surface area contributed by atoms with Crippen LogP contribution in [0.3, 0.4) is 0 Å². The second-order valence-corrected chi connectivity index (χ2v) is 0. The molecule has 0 N–H and O–H groups in total. The molecule has 0 aliphatic rings. The summed E-state index contributed by atoms with van der Waals surface area (Å²) in [5, 5.41) is 0. The molecule has 0 aromatic heterocycles. The van der Waals surface area contributed by atoms with Crippen molar-refractivity contribution >= 4 is 8.41 Å². The largest absolute Gasteiger partial charge is 0.0776 e. The maximum absolute atomic E-state index is 0. The highest BCUT2D eigenvalue weighted by Crippen LogP contribution is 0.156. The van der Waals surface area contributed by atoms with Gasteiger partial charge in [-0.25, -0.2) is 0 Å². The van der Waals surface area contributed by atoms with Gasteiger partial charge in [-0.05, 0) is 0 Å². The fraction of sp³-hybridized carbons (Fsp3) is 1.00. The van der Waals surface area contributed by atoms with Crippen molar-refractivity contribution in [1.29, 1.82) is 0 Å². The van der Waals surface area contributed by atoms with Crippen molar-refractivity contribution in [1.82, 2.24) is 0 Å². The Morgan fingerprint density at radius 2 is 0.143 bits per heavy atom. The van der Waals surface area contributed by atoms with E-state index in [-0.39, 0.29) is 105 Å². The molecule has 0 aliphatic heterocycles. The lowest BCUT2D eigenvalue weighted by atomic mass is 10.8. The Morgan fingerprint density at radius 1 is 0.143 bits per heavy atom. The van der Waals surface area contributed by atoms with E-state index in [4.69, 9.17) is 0 Å². The molecule has 107 valence electrons. The van der Waals surface area contributed by atoms with Gasteiger partial charge in [0.25, 0.3) is 0 Å². The van der Waals surface area contributed by atoms with Gasteiger partial charge in [0, 0.05) is 8.41 Å². The maximum Gasteiger partial charge on any atom is 0 e. The van der Waals surface area contributed by atoms with Crippen LogP contribution < -0.4 is 0 Å². The summed E-state index contributed by atoms with van der Waals surface area (Å²) in [5.41, 5.74) is 0. The Morgan fingerprint density at radius 3 is 0.143 bits per heavy atom. The smallest absolute Gasteiger partial charge is 0 e. The zero-order valence-corrected chi connectivity index (χ0v) is 0.577. The van der Waals surface area contributed by atoms with E-state index in [1.54, 1.807) is 0 Å². The molecule has 0 heterocycles. The minimum absolute atomic E-state index is 0. The zero-order chi connectivity index (χ0) is 0. The summed E-state index contributed by atoms with van der Waals surface area (Å²) < 4.78 is 0. The molecule has 1 heteroatoms. The summed E-state index contributed by atoms with van der Waals surface area (Å²) >= 11 is 0. The molecular weight excluding hydrogens is 167 g/mol. The molecule has 0 amide bonds. The molecule has 0 aliphatic carbocycles. The minimum Gasteiger partial charge on any atom is -0.0776 e. The highest BCUT2D eigenvalue weighted by atomic mass is 12.0. The first-order chi connectivity index (χ1) is 0. The minimum atomic E-state index is 0. The molecule has 0 bridgehead atoms. The first kappa shape index (κ1) is 569000. The first-order valence-corrected chi connectivity index (χ1v) is 0. The van der Waals surface area contributed by atoms with Crippen LogP contribution in [0.5, 0.6) is 0 Å². The lowest BCUT2D eigenvalue weighted by Crippen LogP contribution is -0.381. The number of hydrogen-bond donors (Lipinski definition) is 0. The Labute approximate surface area is 106 Å². The fourth-order valence-corrected chi connectivity index (χ4v) is 0. The molecule has 0 saturated carbocycles. The Kier molecular flexibility index (Phi) is 18300000000. The number of hydrogen-bond acceptors (Lipinski definition) is 0. The van der Waals surface area contributed by atoms with Gasteiger partial charge in [-0.15, -0.1) is 0 Å². The summed E-state index contributed by atoms with van der Waals surface area (Å²) in [6, 6.07) is 0. The van der Waals surface area contributed by atoms with E-state index in [1.807, 2.05) is 0 Å². The van der Waals surface area contributed by atoms with Crippen LogP contribution in [0.25, 0.3) is 0 Å². The van der Waals surface area contributed by atoms with Gasteiger partial charge in [0.2, 0.25) is 0 Å². The summed E-state index contributed by atoms with van der Waals surface area (Å²) in [6.45, 7) is 0. The van der Waals surface area contributed by atoms with Gasteiger partial charge in [-0.1, -0.05) is 96.5 Å². The summed E-state index contributed by atoms with van der Waals surface area (Å²) in [4.78, 5) is 0. The molecule has 0 aromatic rings. The molecule has 0 fully saturated rings. The molecule has 0 atom stereocenters. The Balaban J connectivity index is 0. The quantitative estimate of drug-likeness (QED) is 0.363. The summed E-state index contributed by atoms with van der Waals surface area (Å²) in [7, 11) is 0. The van der Waals surface area contributed by atoms with Gasteiger partial charge in [0.1, 0.15) is 0 Å². The standard InChI is InChI=1S/13CH4.B/h13*1H4;. The topological polar surface area (TPSA) is 0 Å². The van der Waals surface area contributed by atoms with Gasteiger partial charge in [-0.3, -0.25) is 0 Å². The third kappa shape index (κ3) is 350000.